The summed E-state index contributed by atoms with van der Waals surface area (Å²) in [7, 11) is -1.98. The number of carbonyl (C=O) groups excluding carboxylic acids is 1. The van der Waals surface area contributed by atoms with Crippen molar-refractivity contribution in [2.45, 2.75) is 37.8 Å². The first-order chi connectivity index (χ1) is 14.0. The van der Waals surface area contributed by atoms with E-state index in [2.05, 4.69) is 16.1 Å². The van der Waals surface area contributed by atoms with Gasteiger partial charge in [0.2, 0.25) is 10.0 Å². The Morgan fingerprint density at radius 3 is 2.33 bits per heavy atom. The van der Waals surface area contributed by atoms with Gasteiger partial charge in [0.25, 0.3) is 0 Å². The molecule has 7 heteroatoms. The first-order valence-corrected chi connectivity index (χ1v) is 11.2. The van der Waals surface area contributed by atoms with Crippen LogP contribution in [0.5, 0.6) is 0 Å². The second-order valence-electron chi connectivity index (χ2n) is 8.35. The summed E-state index contributed by atoms with van der Waals surface area (Å²) in [5.41, 5.74) is 0.831. The zero-order chi connectivity index (χ0) is 21.9. The molecule has 0 heterocycles. The molecule has 6 nitrogen and oxygen atoms in total. The van der Waals surface area contributed by atoms with E-state index in [9.17, 15) is 13.2 Å². The number of nitrogens with one attached hydrogen (secondary N) is 2. The summed E-state index contributed by atoms with van der Waals surface area (Å²) < 4.78 is 27.7. The minimum Gasteiger partial charge on any atom is -0.323 e. The minimum absolute atomic E-state index is 0.104. The van der Waals surface area contributed by atoms with E-state index in [1.165, 1.54) is 12.1 Å². The molecule has 0 atom stereocenters. The fourth-order valence-corrected chi connectivity index (χ4v) is 4.57. The van der Waals surface area contributed by atoms with Gasteiger partial charge in [-0.15, -0.1) is 0 Å². The third-order valence-electron chi connectivity index (χ3n) is 4.42. The van der Waals surface area contributed by atoms with Crippen molar-refractivity contribution in [2.75, 3.05) is 12.4 Å². The smallest absolute Gasteiger partial charge is 0.321 e. The molecule has 0 aliphatic carbocycles. The first kappa shape index (κ1) is 21.8. The van der Waals surface area contributed by atoms with E-state index >= 15 is 0 Å². The molecule has 0 aliphatic rings. The second kappa shape index (κ2) is 8.45. The molecule has 3 aromatic rings. The van der Waals surface area contributed by atoms with E-state index in [4.69, 9.17) is 0 Å². The van der Waals surface area contributed by atoms with Crippen molar-refractivity contribution in [3.8, 4) is 0 Å². The van der Waals surface area contributed by atoms with Gasteiger partial charge in [-0.25, -0.2) is 17.9 Å². The standard InChI is InChI=1S/C23H27N3O3S/c1-23(2,3)25-30(28,29)21-11-7-10-20(15-21)24-22(27)26(4)16-17-12-13-18-8-5-6-9-19(18)14-17/h5-15,25H,16H2,1-4H3,(H,24,27). The maximum absolute atomic E-state index is 12.6. The van der Waals surface area contributed by atoms with Gasteiger partial charge in [0, 0.05) is 24.8 Å². The number of nitrogens with zero attached hydrogens (tertiary/aromatic N) is 1. The summed E-state index contributed by atoms with van der Waals surface area (Å²) in [6.45, 7) is 5.76. The van der Waals surface area contributed by atoms with E-state index in [1.807, 2.05) is 36.4 Å². The molecule has 0 saturated carbocycles. The SMILES string of the molecule is CN(Cc1ccc2ccccc2c1)C(=O)Nc1cccc(S(=O)(=O)NC(C)(C)C)c1. The fourth-order valence-electron chi connectivity index (χ4n) is 3.10. The van der Waals surface area contributed by atoms with Gasteiger partial charge in [0.05, 0.1) is 4.90 Å². The van der Waals surface area contributed by atoms with E-state index in [1.54, 1.807) is 44.9 Å². The predicted molar refractivity (Wildman–Crippen MR) is 121 cm³/mol. The van der Waals surface area contributed by atoms with Gasteiger partial charge in [-0.1, -0.05) is 42.5 Å². The molecule has 0 spiro atoms. The third-order valence-corrected chi connectivity index (χ3v) is 6.17. The minimum atomic E-state index is -3.68. The maximum Gasteiger partial charge on any atom is 0.321 e. The predicted octanol–water partition coefficient (Wildman–Crippen LogP) is 4.58. The van der Waals surface area contributed by atoms with Gasteiger partial charge in [-0.05, 0) is 61.4 Å². The van der Waals surface area contributed by atoms with Crippen LogP contribution in [-0.2, 0) is 16.6 Å². The van der Waals surface area contributed by atoms with Crippen LogP contribution >= 0.6 is 0 Å². The first-order valence-electron chi connectivity index (χ1n) is 9.67. The van der Waals surface area contributed by atoms with Crippen molar-refractivity contribution in [1.82, 2.24) is 9.62 Å². The molecule has 158 valence electrons. The van der Waals surface area contributed by atoms with Crippen LogP contribution in [0.25, 0.3) is 10.8 Å². The molecule has 0 bridgehead atoms. The molecule has 0 fully saturated rings. The molecule has 3 aromatic carbocycles. The van der Waals surface area contributed by atoms with Crippen molar-refractivity contribution in [3.05, 3.63) is 72.3 Å². The number of benzene rings is 3. The highest BCUT2D eigenvalue weighted by atomic mass is 32.2. The van der Waals surface area contributed by atoms with Crippen LogP contribution in [0.3, 0.4) is 0 Å². The Labute approximate surface area is 178 Å². The summed E-state index contributed by atoms with van der Waals surface area (Å²) in [5.74, 6) is 0. The number of anilines is 1. The Morgan fingerprint density at radius 2 is 1.63 bits per heavy atom. The quantitative estimate of drug-likeness (QED) is 0.628. The average molecular weight is 426 g/mol. The number of amides is 2. The molecule has 3 rings (SSSR count). The molecule has 30 heavy (non-hydrogen) atoms. The average Bonchev–Trinajstić information content (AvgIpc) is 2.66. The van der Waals surface area contributed by atoms with Crippen molar-refractivity contribution < 1.29 is 13.2 Å². The van der Waals surface area contributed by atoms with Crippen molar-refractivity contribution in [1.29, 1.82) is 0 Å². The lowest BCUT2D eigenvalue weighted by Gasteiger charge is -2.21. The fraction of sp³-hybridized carbons (Fsp3) is 0.261. The normalized spacial score (nSPS) is 12.0. The van der Waals surface area contributed by atoms with E-state index in [-0.39, 0.29) is 10.9 Å². The van der Waals surface area contributed by atoms with Gasteiger partial charge in [0.15, 0.2) is 0 Å². The van der Waals surface area contributed by atoms with Gasteiger partial charge < -0.3 is 10.2 Å². The van der Waals surface area contributed by atoms with Crippen molar-refractivity contribution >= 4 is 32.5 Å². The monoisotopic (exact) mass is 425 g/mol. The maximum atomic E-state index is 12.6. The molecule has 0 saturated heterocycles. The number of sulfonamides is 1. The Bertz CT molecular complexity index is 1170. The lowest BCUT2D eigenvalue weighted by molar-refractivity contribution is 0.220. The largest absolute Gasteiger partial charge is 0.323 e. The van der Waals surface area contributed by atoms with Crippen LogP contribution in [0.2, 0.25) is 0 Å². The van der Waals surface area contributed by atoms with Gasteiger partial charge in [0.1, 0.15) is 0 Å². The number of hydrogen-bond acceptors (Lipinski definition) is 3. The highest BCUT2D eigenvalue weighted by molar-refractivity contribution is 7.89. The summed E-state index contributed by atoms with van der Waals surface area (Å²) in [6.07, 6.45) is 0. The summed E-state index contributed by atoms with van der Waals surface area (Å²) in [5, 5.41) is 5.04. The van der Waals surface area contributed by atoms with Crippen LogP contribution in [0, 0.1) is 0 Å². The van der Waals surface area contributed by atoms with Crippen molar-refractivity contribution in [3.63, 3.8) is 0 Å². The summed E-state index contributed by atoms with van der Waals surface area (Å²) in [6, 6.07) is 20.1. The van der Waals surface area contributed by atoms with Gasteiger partial charge in [-0.3, -0.25) is 0 Å². The molecule has 2 N–H and O–H groups in total. The summed E-state index contributed by atoms with van der Waals surface area (Å²) >= 11 is 0. The Kier molecular flexibility index (Phi) is 6.14. The Balaban J connectivity index is 1.70. The zero-order valence-electron chi connectivity index (χ0n) is 17.6. The lowest BCUT2D eigenvalue weighted by Crippen LogP contribution is -2.40. The van der Waals surface area contributed by atoms with Crippen LogP contribution in [0.1, 0.15) is 26.3 Å². The van der Waals surface area contributed by atoms with Crippen molar-refractivity contribution in [2.24, 2.45) is 0 Å². The topological polar surface area (TPSA) is 78.5 Å². The molecule has 0 aromatic heterocycles. The lowest BCUT2D eigenvalue weighted by atomic mass is 10.1. The molecule has 2 amide bonds. The van der Waals surface area contributed by atoms with E-state index in [0.717, 1.165) is 16.3 Å². The molecule has 0 aliphatic heterocycles. The Hall–Kier alpha value is -2.90. The Morgan fingerprint density at radius 1 is 0.933 bits per heavy atom. The summed E-state index contributed by atoms with van der Waals surface area (Å²) in [4.78, 5) is 14.3. The van der Waals surface area contributed by atoms with Crippen LogP contribution in [0.4, 0.5) is 10.5 Å². The van der Waals surface area contributed by atoms with Gasteiger partial charge in [-0.2, -0.15) is 0 Å². The molecule has 0 unspecified atom stereocenters. The highest BCUT2D eigenvalue weighted by Gasteiger charge is 2.22. The molecular weight excluding hydrogens is 398 g/mol. The van der Waals surface area contributed by atoms with Crippen LogP contribution in [0.15, 0.2) is 71.6 Å². The van der Waals surface area contributed by atoms with Gasteiger partial charge >= 0.3 is 6.03 Å². The second-order valence-corrected chi connectivity index (χ2v) is 10.0. The third kappa shape index (κ3) is 5.58. The number of urea groups is 1. The number of fused-ring (bicyclic) bond motifs is 1. The zero-order valence-corrected chi connectivity index (χ0v) is 18.5. The molecular formula is C23H27N3O3S. The van der Waals surface area contributed by atoms with E-state index < -0.39 is 15.6 Å². The number of hydrogen-bond donors (Lipinski definition) is 2. The van der Waals surface area contributed by atoms with E-state index in [0.29, 0.717) is 12.2 Å². The number of rotatable bonds is 5. The highest BCUT2D eigenvalue weighted by Crippen LogP contribution is 2.19. The molecule has 0 radical (unpaired) electrons. The van der Waals surface area contributed by atoms with Crippen LogP contribution in [-0.4, -0.2) is 31.9 Å². The number of carbonyl (C=O) groups is 1. The van der Waals surface area contributed by atoms with Crippen LogP contribution < -0.4 is 10.0 Å².